The summed E-state index contributed by atoms with van der Waals surface area (Å²) in [6.45, 7) is 11.4. The molecule has 0 fully saturated rings. The summed E-state index contributed by atoms with van der Waals surface area (Å²) in [6.07, 6.45) is 0. The fourth-order valence-corrected chi connectivity index (χ4v) is 1.71. The van der Waals surface area contributed by atoms with Crippen LogP contribution < -0.4 is 0 Å². The van der Waals surface area contributed by atoms with Gasteiger partial charge in [0.05, 0.1) is 13.2 Å². The maximum atomic E-state index is 11.2. The van der Waals surface area contributed by atoms with E-state index < -0.39 is 11.9 Å². The number of rotatable bonds is 8. The highest BCUT2D eigenvalue weighted by Crippen LogP contribution is 2.12. The van der Waals surface area contributed by atoms with E-state index in [-0.39, 0.29) is 0 Å². The van der Waals surface area contributed by atoms with Crippen LogP contribution in [0.15, 0.2) is 24.3 Å². The van der Waals surface area contributed by atoms with Crippen molar-refractivity contribution in [2.45, 2.75) is 13.8 Å². The third kappa shape index (κ3) is 6.84. The van der Waals surface area contributed by atoms with Gasteiger partial charge in [0.2, 0.25) is 0 Å². The molecule has 0 atom stereocenters. The molecule has 0 saturated heterocycles. The van der Waals surface area contributed by atoms with Gasteiger partial charge in [-0.05, 0) is 13.8 Å². The first kappa shape index (κ1) is 15.8. The minimum Gasteiger partial charge on any atom is -0.463 e. The molecule has 4 nitrogen and oxygen atoms in total. The molecule has 0 aliphatic carbocycles. The lowest BCUT2D eigenvalue weighted by Gasteiger charge is -2.06. The molecule has 5 heteroatoms. The smallest absolute Gasteiger partial charge is 0.334 e. The van der Waals surface area contributed by atoms with Crippen molar-refractivity contribution in [1.29, 1.82) is 0 Å². The highest BCUT2D eigenvalue weighted by Gasteiger charge is 2.10. The normalized spacial score (nSPS) is 9.53. The molecule has 0 bridgehead atoms. The Kier molecular flexibility index (Phi) is 8.23. The predicted molar refractivity (Wildman–Crippen MR) is 68.9 cm³/mol. The van der Waals surface area contributed by atoms with Crippen LogP contribution in [-0.2, 0) is 19.1 Å². The lowest BCUT2D eigenvalue weighted by Crippen LogP contribution is -2.11. The van der Waals surface area contributed by atoms with E-state index in [1.807, 2.05) is 0 Å². The van der Waals surface area contributed by atoms with Crippen molar-refractivity contribution < 1.29 is 19.1 Å². The van der Waals surface area contributed by atoms with Crippen LogP contribution >= 0.6 is 11.8 Å². The van der Waals surface area contributed by atoms with Crippen LogP contribution in [0.5, 0.6) is 0 Å². The number of carbonyl (C=O) groups is 2. The molecule has 96 valence electrons. The lowest BCUT2D eigenvalue weighted by atomic mass is 10.3. The van der Waals surface area contributed by atoms with Gasteiger partial charge in [-0.1, -0.05) is 13.2 Å². The van der Waals surface area contributed by atoms with E-state index >= 15 is 0 Å². The van der Waals surface area contributed by atoms with Crippen LogP contribution in [0, 0.1) is 0 Å². The molecule has 0 rings (SSSR count). The van der Waals surface area contributed by atoms with Crippen LogP contribution in [-0.4, -0.2) is 36.7 Å². The van der Waals surface area contributed by atoms with E-state index in [1.165, 1.54) is 11.8 Å². The van der Waals surface area contributed by atoms with Gasteiger partial charge in [0, 0.05) is 22.7 Å². The second-order valence-electron chi connectivity index (χ2n) is 3.14. The molecule has 0 aromatic heterocycles. The number of ether oxygens (including phenoxy) is 2. The average molecular weight is 258 g/mol. The number of thioether (sulfide) groups is 1. The standard InChI is InChI=1S/C12H18O4S/c1-5-15-11(13)9(3)7-17-8-10(4)12(14)16-6-2/h3-8H2,1-2H3. The molecule has 0 unspecified atom stereocenters. The Morgan fingerprint density at radius 2 is 1.29 bits per heavy atom. The highest BCUT2D eigenvalue weighted by molar-refractivity contribution is 7.99. The average Bonchev–Trinajstić information content (AvgIpc) is 2.29. The first-order valence-corrected chi connectivity index (χ1v) is 6.45. The molecule has 0 aromatic rings. The van der Waals surface area contributed by atoms with Crippen LogP contribution in [0.2, 0.25) is 0 Å². The summed E-state index contributed by atoms with van der Waals surface area (Å²) in [4.78, 5) is 22.4. The second kappa shape index (κ2) is 8.87. The van der Waals surface area contributed by atoms with Crippen LogP contribution in [0.3, 0.4) is 0 Å². The monoisotopic (exact) mass is 258 g/mol. The minimum absolute atomic E-state index is 0.331. The molecule has 0 heterocycles. The van der Waals surface area contributed by atoms with Crippen LogP contribution in [0.25, 0.3) is 0 Å². The van der Waals surface area contributed by atoms with Crippen LogP contribution in [0.1, 0.15) is 13.8 Å². The summed E-state index contributed by atoms with van der Waals surface area (Å²) in [5.41, 5.74) is 0.766. The SMILES string of the molecule is C=C(CSCC(=C)C(=O)OCC)C(=O)OCC. The molecular weight excluding hydrogens is 240 g/mol. The molecule has 0 spiro atoms. The summed E-state index contributed by atoms with van der Waals surface area (Å²) < 4.78 is 9.56. The Hall–Kier alpha value is -1.23. The van der Waals surface area contributed by atoms with E-state index in [0.29, 0.717) is 35.9 Å². The largest absolute Gasteiger partial charge is 0.463 e. The Labute approximate surface area is 106 Å². The van der Waals surface area contributed by atoms with E-state index in [0.717, 1.165) is 0 Å². The van der Waals surface area contributed by atoms with Gasteiger partial charge in [0.1, 0.15) is 0 Å². The van der Waals surface area contributed by atoms with Gasteiger partial charge in [-0.15, -0.1) is 0 Å². The lowest BCUT2D eigenvalue weighted by molar-refractivity contribution is -0.139. The van der Waals surface area contributed by atoms with E-state index in [1.54, 1.807) is 13.8 Å². The zero-order valence-electron chi connectivity index (χ0n) is 10.3. The van der Waals surface area contributed by atoms with Gasteiger partial charge in [-0.3, -0.25) is 0 Å². The molecule has 0 radical (unpaired) electrons. The molecule has 0 aromatic carbocycles. The third-order valence-electron chi connectivity index (χ3n) is 1.68. The second-order valence-corrected chi connectivity index (χ2v) is 4.13. The molecule has 0 aliphatic heterocycles. The Morgan fingerprint density at radius 3 is 1.59 bits per heavy atom. The third-order valence-corrected chi connectivity index (χ3v) is 2.79. The number of esters is 2. The predicted octanol–water partition coefficient (Wildman–Crippen LogP) is 1.96. The first-order chi connectivity index (χ1) is 8.02. The topological polar surface area (TPSA) is 52.6 Å². The van der Waals surface area contributed by atoms with Gasteiger partial charge >= 0.3 is 11.9 Å². The van der Waals surface area contributed by atoms with Crippen molar-refractivity contribution in [3.63, 3.8) is 0 Å². The number of carbonyl (C=O) groups excluding carboxylic acids is 2. The van der Waals surface area contributed by atoms with Crippen molar-refractivity contribution in [2.24, 2.45) is 0 Å². The maximum Gasteiger partial charge on any atom is 0.334 e. The van der Waals surface area contributed by atoms with Crippen molar-refractivity contribution in [3.05, 3.63) is 24.3 Å². The quantitative estimate of drug-likeness (QED) is 0.492. The van der Waals surface area contributed by atoms with Crippen molar-refractivity contribution in [3.8, 4) is 0 Å². The zero-order chi connectivity index (χ0) is 13.3. The van der Waals surface area contributed by atoms with E-state index in [4.69, 9.17) is 9.47 Å². The van der Waals surface area contributed by atoms with Gasteiger partial charge in [-0.25, -0.2) is 9.59 Å². The van der Waals surface area contributed by atoms with Crippen molar-refractivity contribution >= 4 is 23.7 Å². The summed E-state index contributed by atoms with van der Waals surface area (Å²) in [6, 6.07) is 0. The van der Waals surface area contributed by atoms with E-state index in [9.17, 15) is 9.59 Å². The fourth-order valence-electron chi connectivity index (χ4n) is 0.882. The summed E-state index contributed by atoms with van der Waals surface area (Å²) in [7, 11) is 0. The Morgan fingerprint density at radius 1 is 0.941 bits per heavy atom. The summed E-state index contributed by atoms with van der Waals surface area (Å²) in [5, 5.41) is 0. The van der Waals surface area contributed by atoms with Crippen LogP contribution in [0.4, 0.5) is 0 Å². The number of hydrogen-bond donors (Lipinski definition) is 0. The molecule has 17 heavy (non-hydrogen) atoms. The minimum atomic E-state index is -0.401. The fraction of sp³-hybridized carbons (Fsp3) is 0.500. The zero-order valence-corrected chi connectivity index (χ0v) is 11.1. The highest BCUT2D eigenvalue weighted by atomic mass is 32.2. The van der Waals surface area contributed by atoms with Gasteiger partial charge < -0.3 is 9.47 Å². The molecule has 0 amide bonds. The van der Waals surface area contributed by atoms with E-state index in [2.05, 4.69) is 13.2 Å². The summed E-state index contributed by atoms with van der Waals surface area (Å²) in [5.74, 6) is 0.0256. The molecule has 0 saturated carbocycles. The van der Waals surface area contributed by atoms with Gasteiger partial charge in [0.15, 0.2) is 0 Å². The van der Waals surface area contributed by atoms with Crippen molar-refractivity contribution in [1.82, 2.24) is 0 Å². The maximum absolute atomic E-state index is 11.2. The first-order valence-electron chi connectivity index (χ1n) is 5.30. The van der Waals surface area contributed by atoms with Gasteiger partial charge in [-0.2, -0.15) is 11.8 Å². The number of hydrogen-bond acceptors (Lipinski definition) is 5. The molecule has 0 N–H and O–H groups in total. The Bertz CT molecular complexity index is 280. The summed E-state index contributed by atoms with van der Waals surface area (Å²) >= 11 is 1.38. The molecular formula is C12H18O4S. The van der Waals surface area contributed by atoms with Crippen molar-refractivity contribution in [2.75, 3.05) is 24.7 Å². The van der Waals surface area contributed by atoms with Gasteiger partial charge in [0.25, 0.3) is 0 Å². The Balaban J connectivity index is 3.84. The molecule has 0 aliphatic rings.